The molecule has 0 saturated carbocycles. The predicted molar refractivity (Wildman–Crippen MR) is 103 cm³/mol. The highest BCUT2D eigenvalue weighted by Crippen LogP contribution is 2.31. The van der Waals surface area contributed by atoms with Gasteiger partial charge in [0.25, 0.3) is 0 Å². The topological polar surface area (TPSA) is 72.6 Å². The average molecular weight is 364 g/mol. The van der Waals surface area contributed by atoms with E-state index in [1.165, 1.54) is 13.2 Å². The van der Waals surface area contributed by atoms with Crippen molar-refractivity contribution in [2.75, 3.05) is 25.1 Å². The molecule has 3 aromatic rings. The molecule has 0 unspecified atom stereocenters. The number of ether oxygens (including phenoxy) is 1. The molecule has 0 radical (unpaired) electrons. The van der Waals surface area contributed by atoms with Crippen LogP contribution in [0.2, 0.25) is 0 Å². The lowest BCUT2D eigenvalue weighted by molar-refractivity contribution is -0.144. The molecule has 1 fully saturated rings. The Balaban J connectivity index is 1.75. The lowest BCUT2D eigenvalue weighted by atomic mass is 9.99. The monoisotopic (exact) mass is 364 g/mol. The molecule has 0 N–H and O–H groups in total. The number of carbonyl (C=O) groups is 1. The molecule has 1 saturated heterocycles. The fraction of sp³-hybridized carbons (Fsp3) is 0.286. The summed E-state index contributed by atoms with van der Waals surface area (Å²) in [6, 6.07) is 13.2. The van der Waals surface area contributed by atoms with Gasteiger partial charge in [-0.05, 0) is 36.6 Å². The van der Waals surface area contributed by atoms with Crippen LogP contribution in [0.15, 0.2) is 51.7 Å². The molecule has 1 aromatic carbocycles. The maximum Gasteiger partial charge on any atom is 0.338 e. The van der Waals surface area contributed by atoms with E-state index in [4.69, 9.17) is 9.15 Å². The molecule has 0 amide bonds. The van der Waals surface area contributed by atoms with E-state index in [0.29, 0.717) is 24.6 Å². The van der Waals surface area contributed by atoms with Crippen LogP contribution in [-0.4, -0.2) is 31.2 Å². The minimum absolute atomic E-state index is 0.155. The third kappa shape index (κ3) is 3.18. The standard InChI is InChI=1S/C21H20N2O4/c1-13-5-3-4-6-15(13)17-11-19(24)27-20-16(17)7-8-18(22-20)23-10-9-14(12-23)21(25)26-2/h3-8,11,14H,9-10,12H2,1-2H3/t14-/m1/s1. The van der Waals surface area contributed by atoms with Crippen LogP contribution in [0.3, 0.4) is 0 Å². The third-order valence-corrected chi connectivity index (χ3v) is 5.08. The number of hydrogen-bond acceptors (Lipinski definition) is 6. The summed E-state index contributed by atoms with van der Waals surface area (Å²) in [6.45, 7) is 3.27. The van der Waals surface area contributed by atoms with Crippen molar-refractivity contribution in [3.8, 4) is 11.1 Å². The number of rotatable bonds is 3. The van der Waals surface area contributed by atoms with E-state index >= 15 is 0 Å². The number of nitrogens with zero attached hydrogens (tertiary/aromatic N) is 2. The van der Waals surface area contributed by atoms with Gasteiger partial charge in [-0.1, -0.05) is 24.3 Å². The summed E-state index contributed by atoms with van der Waals surface area (Å²) in [6.07, 6.45) is 0.722. The largest absolute Gasteiger partial charge is 0.469 e. The van der Waals surface area contributed by atoms with Gasteiger partial charge in [-0.2, -0.15) is 4.98 Å². The summed E-state index contributed by atoms with van der Waals surface area (Å²) in [7, 11) is 1.40. The number of carbonyl (C=O) groups excluding carboxylic acids is 1. The second-order valence-electron chi connectivity index (χ2n) is 6.77. The summed E-state index contributed by atoms with van der Waals surface area (Å²) in [5.41, 5.74) is 2.75. The molecule has 1 aliphatic heterocycles. The van der Waals surface area contributed by atoms with Gasteiger partial charge in [-0.15, -0.1) is 0 Å². The van der Waals surface area contributed by atoms with Crippen LogP contribution in [0, 0.1) is 12.8 Å². The quantitative estimate of drug-likeness (QED) is 0.665. The SMILES string of the molecule is COC(=O)[C@@H]1CCN(c2ccc3c(-c4ccccc4C)cc(=O)oc3n2)C1. The highest BCUT2D eigenvalue weighted by Gasteiger charge is 2.30. The smallest absolute Gasteiger partial charge is 0.338 e. The molecule has 0 spiro atoms. The molecular weight excluding hydrogens is 344 g/mol. The Morgan fingerprint density at radius 2 is 2.04 bits per heavy atom. The summed E-state index contributed by atoms with van der Waals surface area (Å²) in [5.74, 6) is 0.337. The van der Waals surface area contributed by atoms with Gasteiger partial charge in [0.05, 0.1) is 13.0 Å². The first-order valence-electron chi connectivity index (χ1n) is 8.90. The number of methoxy groups -OCH3 is 1. The van der Waals surface area contributed by atoms with Gasteiger partial charge in [0.2, 0.25) is 5.71 Å². The second kappa shape index (κ2) is 6.87. The fourth-order valence-corrected chi connectivity index (χ4v) is 3.64. The Labute approximate surface area is 156 Å². The summed E-state index contributed by atoms with van der Waals surface area (Å²) in [5, 5.41) is 0.788. The van der Waals surface area contributed by atoms with Crippen LogP contribution >= 0.6 is 0 Å². The fourth-order valence-electron chi connectivity index (χ4n) is 3.64. The number of pyridine rings is 1. The number of esters is 1. The lowest BCUT2D eigenvalue weighted by Gasteiger charge is -2.17. The minimum Gasteiger partial charge on any atom is -0.469 e. The Morgan fingerprint density at radius 3 is 2.81 bits per heavy atom. The minimum atomic E-state index is -0.431. The first-order valence-corrected chi connectivity index (χ1v) is 8.90. The maximum atomic E-state index is 12.1. The van der Waals surface area contributed by atoms with Gasteiger partial charge in [0, 0.05) is 30.1 Å². The predicted octanol–water partition coefficient (Wildman–Crippen LogP) is 3.16. The van der Waals surface area contributed by atoms with Crippen molar-refractivity contribution in [1.29, 1.82) is 0 Å². The number of aromatic nitrogens is 1. The highest BCUT2D eigenvalue weighted by atomic mass is 16.5. The van der Waals surface area contributed by atoms with Gasteiger partial charge in [0.15, 0.2) is 0 Å². The van der Waals surface area contributed by atoms with Crippen LogP contribution in [0.5, 0.6) is 0 Å². The molecule has 6 nitrogen and oxygen atoms in total. The van der Waals surface area contributed by atoms with E-state index < -0.39 is 5.63 Å². The van der Waals surface area contributed by atoms with Gasteiger partial charge in [-0.25, -0.2) is 4.79 Å². The van der Waals surface area contributed by atoms with Crippen LogP contribution in [0.4, 0.5) is 5.82 Å². The normalized spacial score (nSPS) is 16.7. The number of fused-ring (bicyclic) bond motifs is 1. The zero-order valence-electron chi connectivity index (χ0n) is 15.3. The van der Waals surface area contributed by atoms with Crippen molar-refractivity contribution in [3.05, 3.63) is 58.4 Å². The molecule has 6 heteroatoms. The van der Waals surface area contributed by atoms with Crippen LogP contribution in [0.1, 0.15) is 12.0 Å². The van der Waals surface area contributed by atoms with E-state index in [2.05, 4.69) is 4.98 Å². The lowest BCUT2D eigenvalue weighted by Crippen LogP contribution is -2.24. The van der Waals surface area contributed by atoms with Crippen LogP contribution < -0.4 is 10.5 Å². The van der Waals surface area contributed by atoms with Crippen molar-refractivity contribution >= 4 is 22.9 Å². The summed E-state index contributed by atoms with van der Waals surface area (Å²) in [4.78, 5) is 30.4. The maximum absolute atomic E-state index is 12.1. The number of aryl methyl sites for hydroxylation is 1. The Morgan fingerprint density at radius 1 is 1.22 bits per heavy atom. The third-order valence-electron chi connectivity index (χ3n) is 5.08. The van der Waals surface area contributed by atoms with Gasteiger partial charge < -0.3 is 14.1 Å². The first-order chi connectivity index (χ1) is 13.1. The Bertz CT molecular complexity index is 1070. The van der Waals surface area contributed by atoms with Gasteiger partial charge >= 0.3 is 11.6 Å². The van der Waals surface area contributed by atoms with E-state index in [-0.39, 0.29) is 11.9 Å². The number of anilines is 1. The van der Waals surface area contributed by atoms with Crippen molar-refractivity contribution in [2.24, 2.45) is 5.92 Å². The van der Waals surface area contributed by atoms with E-state index in [9.17, 15) is 9.59 Å². The van der Waals surface area contributed by atoms with Crippen molar-refractivity contribution in [3.63, 3.8) is 0 Å². The Hall–Kier alpha value is -3.15. The molecule has 1 atom stereocenters. The molecule has 3 heterocycles. The molecule has 4 rings (SSSR count). The molecule has 27 heavy (non-hydrogen) atoms. The van der Waals surface area contributed by atoms with Crippen LogP contribution in [-0.2, 0) is 9.53 Å². The molecule has 138 valence electrons. The first kappa shape index (κ1) is 17.3. The number of benzene rings is 1. The van der Waals surface area contributed by atoms with E-state index in [0.717, 1.165) is 28.5 Å². The molecule has 0 bridgehead atoms. The van der Waals surface area contributed by atoms with E-state index in [1.807, 2.05) is 48.2 Å². The highest BCUT2D eigenvalue weighted by molar-refractivity contribution is 5.93. The zero-order valence-corrected chi connectivity index (χ0v) is 15.3. The van der Waals surface area contributed by atoms with Gasteiger partial charge in [0.1, 0.15) is 5.82 Å². The summed E-state index contributed by atoms with van der Waals surface area (Å²) < 4.78 is 10.2. The molecule has 1 aliphatic rings. The molecule has 0 aliphatic carbocycles. The summed E-state index contributed by atoms with van der Waals surface area (Å²) >= 11 is 0. The Kier molecular flexibility index (Phi) is 4.39. The van der Waals surface area contributed by atoms with Gasteiger partial charge in [-0.3, -0.25) is 4.79 Å². The van der Waals surface area contributed by atoms with E-state index in [1.54, 1.807) is 0 Å². The van der Waals surface area contributed by atoms with Crippen molar-refractivity contribution in [1.82, 2.24) is 4.98 Å². The second-order valence-corrected chi connectivity index (χ2v) is 6.77. The van der Waals surface area contributed by atoms with Crippen LogP contribution in [0.25, 0.3) is 22.2 Å². The van der Waals surface area contributed by atoms with Crippen molar-refractivity contribution in [2.45, 2.75) is 13.3 Å². The van der Waals surface area contributed by atoms with Crippen molar-refractivity contribution < 1.29 is 13.9 Å². The molecule has 2 aromatic heterocycles. The number of hydrogen-bond donors (Lipinski definition) is 0. The zero-order chi connectivity index (χ0) is 19.0. The molecular formula is C21H20N2O4. The average Bonchev–Trinajstić information content (AvgIpc) is 3.17.